The lowest BCUT2D eigenvalue weighted by Gasteiger charge is -2.07. The standard InChI is InChI=1S/C21H22ClN3O3/c1-13-8-6-4-5-7-9-15(11-10-13)16-12-17-23-14(2)18(19(26)21(27)28-3)20(22)25(17)24-16/h9-12H,1,4-8H2,2-3H3/b11-10-,15-9+. The van der Waals surface area contributed by atoms with Gasteiger partial charge >= 0.3 is 5.97 Å². The zero-order chi connectivity index (χ0) is 20.3. The van der Waals surface area contributed by atoms with Gasteiger partial charge in [0.15, 0.2) is 5.65 Å². The molecular weight excluding hydrogens is 378 g/mol. The number of aromatic nitrogens is 3. The molecule has 1 aliphatic carbocycles. The van der Waals surface area contributed by atoms with E-state index in [1.807, 2.05) is 18.2 Å². The van der Waals surface area contributed by atoms with E-state index in [0.717, 1.165) is 50.4 Å². The molecular formula is C21H22ClN3O3. The lowest BCUT2D eigenvalue weighted by Crippen LogP contribution is -2.19. The van der Waals surface area contributed by atoms with Crippen molar-refractivity contribution in [1.82, 2.24) is 14.6 Å². The molecule has 0 amide bonds. The molecule has 2 heterocycles. The fourth-order valence-electron chi connectivity index (χ4n) is 3.15. The molecule has 0 radical (unpaired) electrons. The van der Waals surface area contributed by atoms with E-state index in [4.69, 9.17) is 11.6 Å². The summed E-state index contributed by atoms with van der Waals surface area (Å²) >= 11 is 6.40. The first-order valence-electron chi connectivity index (χ1n) is 9.17. The van der Waals surface area contributed by atoms with Crippen LogP contribution in [0.4, 0.5) is 0 Å². The summed E-state index contributed by atoms with van der Waals surface area (Å²) in [7, 11) is 1.15. The predicted molar refractivity (Wildman–Crippen MR) is 108 cm³/mol. The van der Waals surface area contributed by atoms with Gasteiger partial charge in [0, 0.05) is 6.07 Å². The summed E-state index contributed by atoms with van der Waals surface area (Å²) in [4.78, 5) is 28.3. The number of rotatable bonds is 3. The van der Waals surface area contributed by atoms with E-state index in [1.165, 1.54) is 4.52 Å². The molecule has 0 aromatic carbocycles. The number of nitrogens with zero attached hydrogens (tertiary/aromatic N) is 3. The van der Waals surface area contributed by atoms with Crippen LogP contribution in [-0.2, 0) is 9.53 Å². The zero-order valence-electron chi connectivity index (χ0n) is 16.0. The van der Waals surface area contributed by atoms with Gasteiger partial charge in [-0.2, -0.15) is 5.10 Å². The van der Waals surface area contributed by atoms with Crippen LogP contribution in [-0.4, -0.2) is 33.5 Å². The Labute approximate surface area is 168 Å². The number of aryl methyl sites for hydroxylation is 1. The minimum absolute atomic E-state index is 0.000444. The number of ether oxygens (including phenoxy) is 1. The number of carbonyl (C=O) groups is 2. The Bertz CT molecular complexity index is 1020. The molecule has 3 rings (SSSR count). The van der Waals surface area contributed by atoms with Crippen molar-refractivity contribution in [3.05, 3.63) is 58.6 Å². The molecule has 1 aliphatic rings. The van der Waals surface area contributed by atoms with Crippen LogP contribution in [0.25, 0.3) is 11.2 Å². The molecule has 2 aromatic rings. The van der Waals surface area contributed by atoms with Gasteiger partial charge in [-0.1, -0.05) is 48.4 Å². The fourth-order valence-corrected chi connectivity index (χ4v) is 3.50. The summed E-state index contributed by atoms with van der Waals surface area (Å²) < 4.78 is 5.89. The molecule has 7 heteroatoms. The lowest BCUT2D eigenvalue weighted by molar-refractivity contribution is -0.135. The topological polar surface area (TPSA) is 73.6 Å². The van der Waals surface area contributed by atoms with Crippen LogP contribution < -0.4 is 0 Å². The first-order valence-corrected chi connectivity index (χ1v) is 9.55. The summed E-state index contributed by atoms with van der Waals surface area (Å²) in [5.41, 5.74) is 3.57. The van der Waals surface area contributed by atoms with Crippen LogP contribution in [0, 0.1) is 6.92 Å². The molecule has 0 N–H and O–H groups in total. The van der Waals surface area contributed by atoms with Crippen molar-refractivity contribution in [2.75, 3.05) is 7.11 Å². The van der Waals surface area contributed by atoms with E-state index < -0.39 is 11.8 Å². The number of Topliss-reactive ketones (excluding diaryl/α,β-unsaturated/α-hetero) is 1. The SMILES string of the molecule is C=C1/C=C\C(c2cc3nc(C)c(C(=O)C(=O)OC)c(Cl)n3n2)=C/CCCCC1. The van der Waals surface area contributed by atoms with E-state index >= 15 is 0 Å². The number of halogens is 1. The Morgan fingerprint density at radius 2 is 2.04 bits per heavy atom. The van der Waals surface area contributed by atoms with E-state index in [-0.39, 0.29) is 10.7 Å². The van der Waals surface area contributed by atoms with Crippen molar-refractivity contribution in [2.45, 2.75) is 39.0 Å². The summed E-state index contributed by atoms with van der Waals surface area (Å²) in [5, 5.41) is 4.57. The van der Waals surface area contributed by atoms with Gasteiger partial charge in [-0.15, -0.1) is 0 Å². The first kappa shape index (κ1) is 20.0. The van der Waals surface area contributed by atoms with E-state index in [9.17, 15) is 9.59 Å². The lowest BCUT2D eigenvalue weighted by atomic mass is 10.0. The van der Waals surface area contributed by atoms with Gasteiger partial charge in [0.05, 0.1) is 24.1 Å². The van der Waals surface area contributed by atoms with E-state index in [1.54, 1.807) is 6.92 Å². The molecule has 2 aromatic heterocycles. The predicted octanol–water partition coefficient (Wildman–Crippen LogP) is 4.51. The maximum absolute atomic E-state index is 12.3. The maximum atomic E-state index is 12.3. The normalized spacial score (nSPS) is 18.4. The van der Waals surface area contributed by atoms with Gasteiger partial charge in [0.2, 0.25) is 0 Å². The monoisotopic (exact) mass is 399 g/mol. The highest BCUT2D eigenvalue weighted by atomic mass is 35.5. The summed E-state index contributed by atoms with van der Waals surface area (Å²) in [6.07, 6.45) is 11.5. The van der Waals surface area contributed by atoms with Crippen molar-refractivity contribution in [3.63, 3.8) is 0 Å². The number of carbonyl (C=O) groups excluding carboxylic acids is 2. The third-order valence-electron chi connectivity index (χ3n) is 4.69. The molecule has 0 saturated carbocycles. The van der Waals surface area contributed by atoms with Crippen LogP contribution in [0.5, 0.6) is 0 Å². The van der Waals surface area contributed by atoms with Gasteiger partial charge in [-0.05, 0) is 38.2 Å². The largest absolute Gasteiger partial charge is 0.463 e. The number of hydrogen-bond donors (Lipinski definition) is 0. The van der Waals surface area contributed by atoms with Crippen LogP contribution in [0.15, 0.2) is 36.4 Å². The molecule has 0 aliphatic heterocycles. The molecule has 0 bridgehead atoms. The number of esters is 1. The molecule has 28 heavy (non-hydrogen) atoms. The van der Waals surface area contributed by atoms with E-state index in [0.29, 0.717) is 17.0 Å². The second-order valence-corrected chi connectivity index (χ2v) is 7.09. The van der Waals surface area contributed by atoms with Crippen LogP contribution in [0.3, 0.4) is 0 Å². The van der Waals surface area contributed by atoms with Crippen LogP contribution in [0.1, 0.15) is 53.8 Å². The van der Waals surface area contributed by atoms with Crippen LogP contribution in [0.2, 0.25) is 5.15 Å². The fraction of sp³-hybridized carbons (Fsp3) is 0.333. The van der Waals surface area contributed by atoms with Crippen LogP contribution >= 0.6 is 11.6 Å². The summed E-state index contributed by atoms with van der Waals surface area (Å²) in [6.45, 7) is 5.71. The highest BCUT2D eigenvalue weighted by Gasteiger charge is 2.25. The second-order valence-electron chi connectivity index (χ2n) is 6.73. The zero-order valence-corrected chi connectivity index (χ0v) is 16.8. The average molecular weight is 400 g/mol. The first-order chi connectivity index (χ1) is 13.4. The molecule has 0 unspecified atom stereocenters. The Kier molecular flexibility index (Phi) is 6.09. The number of hydrogen-bond acceptors (Lipinski definition) is 5. The smallest absolute Gasteiger partial charge is 0.379 e. The number of allylic oxidation sites excluding steroid dienone is 5. The third kappa shape index (κ3) is 4.07. The third-order valence-corrected chi connectivity index (χ3v) is 5.03. The van der Waals surface area contributed by atoms with Gasteiger partial charge < -0.3 is 4.74 Å². The quantitative estimate of drug-likeness (QED) is 0.328. The number of fused-ring (bicyclic) bond motifs is 1. The minimum atomic E-state index is -0.991. The van der Waals surface area contributed by atoms with Crippen molar-refractivity contribution >= 4 is 34.6 Å². The molecule has 0 fully saturated rings. The van der Waals surface area contributed by atoms with Crippen molar-refractivity contribution in [2.24, 2.45) is 0 Å². The van der Waals surface area contributed by atoms with Gasteiger partial charge in [-0.25, -0.2) is 14.3 Å². The highest BCUT2D eigenvalue weighted by Crippen LogP contribution is 2.26. The minimum Gasteiger partial charge on any atom is -0.463 e. The molecule has 146 valence electrons. The molecule has 6 nitrogen and oxygen atoms in total. The van der Waals surface area contributed by atoms with Gasteiger partial charge in [0.1, 0.15) is 5.15 Å². The van der Waals surface area contributed by atoms with Crippen molar-refractivity contribution in [1.29, 1.82) is 0 Å². The molecule has 0 saturated heterocycles. The van der Waals surface area contributed by atoms with Crippen molar-refractivity contribution in [3.8, 4) is 0 Å². The Balaban J connectivity index is 2.07. The van der Waals surface area contributed by atoms with Gasteiger partial charge in [-0.3, -0.25) is 4.79 Å². The molecule has 0 spiro atoms. The average Bonchev–Trinajstić information content (AvgIpc) is 3.10. The highest BCUT2D eigenvalue weighted by molar-refractivity contribution is 6.45. The Morgan fingerprint density at radius 1 is 1.25 bits per heavy atom. The number of methoxy groups -OCH3 is 1. The summed E-state index contributed by atoms with van der Waals surface area (Å²) in [6, 6.07) is 1.82. The van der Waals surface area contributed by atoms with Crippen molar-refractivity contribution < 1.29 is 14.3 Å². The second kappa shape index (κ2) is 8.52. The Morgan fingerprint density at radius 3 is 2.79 bits per heavy atom. The van der Waals surface area contributed by atoms with E-state index in [2.05, 4.69) is 27.5 Å². The number of ketones is 1. The maximum Gasteiger partial charge on any atom is 0.379 e. The van der Waals surface area contributed by atoms with Gasteiger partial charge in [0.25, 0.3) is 5.78 Å². The Hall–Kier alpha value is -2.73. The summed E-state index contributed by atoms with van der Waals surface area (Å²) in [5.74, 6) is -1.83. The molecule has 0 atom stereocenters.